The Morgan fingerprint density at radius 3 is 2.79 bits per heavy atom. The molecule has 2 heterocycles. The number of hydrogen-bond acceptors (Lipinski definition) is 4. The predicted octanol–water partition coefficient (Wildman–Crippen LogP) is 2.36. The molecule has 1 aliphatic rings. The number of nitrogens with one attached hydrogen (secondary N) is 1. The maximum absolute atomic E-state index is 12.7. The quantitative estimate of drug-likeness (QED) is 0.912. The molecule has 24 heavy (non-hydrogen) atoms. The zero-order valence-electron chi connectivity index (χ0n) is 12.9. The highest BCUT2D eigenvalue weighted by Crippen LogP contribution is 2.28. The Bertz CT molecular complexity index is 800. The molecule has 1 amide bonds. The van der Waals surface area contributed by atoms with Gasteiger partial charge in [-0.25, -0.2) is 0 Å². The Labute approximate surface area is 135 Å². The molecule has 128 valence electrons. The van der Waals surface area contributed by atoms with Crippen LogP contribution in [0.1, 0.15) is 10.5 Å². The van der Waals surface area contributed by atoms with E-state index in [2.05, 4.69) is 21.5 Å². The van der Waals surface area contributed by atoms with Crippen LogP contribution in [0.25, 0.3) is 10.9 Å². The molecule has 0 spiro atoms. The molecule has 1 N–H and O–H groups in total. The molecule has 2 aromatic rings. The van der Waals surface area contributed by atoms with Gasteiger partial charge in [-0.3, -0.25) is 14.8 Å². The number of H-pyrrole nitrogens is 1. The highest BCUT2D eigenvalue weighted by atomic mass is 19.4. The third kappa shape index (κ3) is 3.21. The Kier molecular flexibility index (Phi) is 3.96. The molecule has 0 unspecified atom stereocenters. The number of amides is 1. The molecule has 0 bridgehead atoms. The zero-order chi connectivity index (χ0) is 17.5. The van der Waals surface area contributed by atoms with Gasteiger partial charge in [-0.2, -0.15) is 5.10 Å². The summed E-state index contributed by atoms with van der Waals surface area (Å²) in [6.45, 7) is 5.54. The van der Waals surface area contributed by atoms with E-state index in [1.807, 2.05) is 11.9 Å². The number of fused-ring (bicyclic) bond motifs is 1. The van der Waals surface area contributed by atoms with Gasteiger partial charge >= 0.3 is 6.36 Å². The molecule has 6 nitrogen and oxygen atoms in total. The molecule has 1 fully saturated rings. The van der Waals surface area contributed by atoms with Gasteiger partial charge in [-0.05, 0) is 25.2 Å². The van der Waals surface area contributed by atoms with E-state index in [1.165, 1.54) is 11.0 Å². The van der Waals surface area contributed by atoms with Crippen molar-refractivity contribution >= 4 is 16.8 Å². The molecule has 1 aromatic carbocycles. The molecule has 0 radical (unpaired) electrons. The first kappa shape index (κ1) is 16.3. The van der Waals surface area contributed by atoms with Crippen LogP contribution in [0, 0.1) is 0 Å². The summed E-state index contributed by atoms with van der Waals surface area (Å²) in [5.74, 6) is -0.800. The number of aromatic amines is 1. The number of nitrogens with zero attached hydrogens (tertiary/aromatic N) is 3. The first-order chi connectivity index (χ1) is 11.2. The number of halogens is 3. The Morgan fingerprint density at radius 2 is 2.12 bits per heavy atom. The monoisotopic (exact) mass is 340 g/mol. The summed E-state index contributed by atoms with van der Waals surface area (Å²) in [6.07, 6.45) is -4.80. The van der Waals surface area contributed by atoms with Crippen molar-refractivity contribution in [1.82, 2.24) is 20.0 Å². The molecule has 3 rings (SSSR count). The van der Waals surface area contributed by atoms with Gasteiger partial charge in [0.25, 0.3) is 5.91 Å². The second-order valence-corrected chi connectivity index (χ2v) is 5.59. The number of rotatable bonds is 2. The van der Waals surface area contributed by atoms with Gasteiger partial charge in [0.2, 0.25) is 0 Å². The summed E-state index contributed by atoms with van der Waals surface area (Å²) in [5.41, 5.74) is 1.11. The lowest BCUT2D eigenvalue weighted by Crippen LogP contribution is -2.45. The molecular weight excluding hydrogens is 325 g/mol. The molecule has 9 heteroatoms. The largest absolute Gasteiger partial charge is 0.573 e. The zero-order valence-corrected chi connectivity index (χ0v) is 12.9. The summed E-state index contributed by atoms with van der Waals surface area (Å²) >= 11 is 0. The van der Waals surface area contributed by atoms with Crippen molar-refractivity contribution in [3.05, 3.63) is 36.2 Å². The van der Waals surface area contributed by atoms with Crippen molar-refractivity contribution in [1.29, 1.82) is 0 Å². The first-order valence-corrected chi connectivity index (χ1v) is 7.16. The van der Waals surface area contributed by atoms with Crippen LogP contribution in [0.15, 0.2) is 30.5 Å². The number of alkyl halides is 3. The minimum Gasteiger partial charge on any atom is -0.406 e. The van der Waals surface area contributed by atoms with Crippen LogP contribution in [0.2, 0.25) is 0 Å². The van der Waals surface area contributed by atoms with Gasteiger partial charge in [0.15, 0.2) is 5.69 Å². The molecule has 1 saturated heterocycles. The van der Waals surface area contributed by atoms with E-state index in [0.717, 1.165) is 12.1 Å². The van der Waals surface area contributed by atoms with E-state index in [-0.39, 0.29) is 11.1 Å². The second-order valence-electron chi connectivity index (χ2n) is 5.59. The van der Waals surface area contributed by atoms with Crippen molar-refractivity contribution < 1.29 is 22.7 Å². The SMILES string of the molecule is C=C1CN(C)CCN1C(=O)c1n[nH]c2ccc(OC(F)(F)F)cc12. The standard InChI is InChI=1S/C15H15F3N4O2/c1-9-8-21(2)5-6-22(9)14(23)13-11-7-10(24-15(16,17)18)3-4-12(11)19-20-13/h3-4,7H,1,5-6,8H2,2H3,(H,19,20). The lowest BCUT2D eigenvalue weighted by atomic mass is 10.1. The molecule has 0 saturated carbocycles. The number of carbonyl (C=O) groups is 1. The average Bonchev–Trinajstić information content (AvgIpc) is 2.88. The minimum absolute atomic E-state index is 0.0447. The molecule has 1 aromatic heterocycles. The maximum atomic E-state index is 12.7. The highest BCUT2D eigenvalue weighted by Gasteiger charge is 2.32. The van der Waals surface area contributed by atoms with Crippen LogP contribution in [0.3, 0.4) is 0 Å². The Balaban J connectivity index is 1.93. The van der Waals surface area contributed by atoms with E-state index < -0.39 is 18.0 Å². The van der Waals surface area contributed by atoms with Crippen LogP contribution >= 0.6 is 0 Å². The van der Waals surface area contributed by atoms with Crippen molar-refractivity contribution in [2.45, 2.75) is 6.36 Å². The lowest BCUT2D eigenvalue weighted by molar-refractivity contribution is -0.274. The number of benzene rings is 1. The highest BCUT2D eigenvalue weighted by molar-refractivity contribution is 6.05. The number of piperazine rings is 1. The molecule has 0 atom stereocenters. The summed E-state index contributed by atoms with van der Waals surface area (Å²) in [6, 6.07) is 3.70. The number of hydrogen-bond donors (Lipinski definition) is 1. The van der Waals surface area contributed by atoms with E-state index in [1.54, 1.807) is 0 Å². The topological polar surface area (TPSA) is 61.5 Å². The maximum Gasteiger partial charge on any atom is 0.573 e. The Morgan fingerprint density at radius 1 is 1.38 bits per heavy atom. The normalized spacial score (nSPS) is 16.7. The van der Waals surface area contributed by atoms with Crippen LogP contribution in [-0.4, -0.2) is 58.9 Å². The van der Waals surface area contributed by atoms with Gasteiger partial charge in [-0.15, -0.1) is 13.2 Å². The number of likely N-dealkylation sites (N-methyl/N-ethyl adjacent to an activating group) is 1. The number of aromatic nitrogens is 2. The van der Waals surface area contributed by atoms with Gasteiger partial charge in [0.1, 0.15) is 5.75 Å². The van der Waals surface area contributed by atoms with Crippen LogP contribution in [0.4, 0.5) is 13.2 Å². The summed E-state index contributed by atoms with van der Waals surface area (Å²) in [5, 5.41) is 6.87. The molecule has 0 aliphatic carbocycles. The van der Waals surface area contributed by atoms with Crippen LogP contribution < -0.4 is 4.74 Å². The van der Waals surface area contributed by atoms with Crippen LogP contribution in [0.5, 0.6) is 5.75 Å². The fourth-order valence-electron chi connectivity index (χ4n) is 2.63. The predicted molar refractivity (Wildman–Crippen MR) is 80.5 cm³/mol. The lowest BCUT2D eigenvalue weighted by Gasteiger charge is -2.33. The molecular formula is C15H15F3N4O2. The fourth-order valence-corrected chi connectivity index (χ4v) is 2.63. The van der Waals surface area contributed by atoms with Crippen molar-refractivity contribution in [3.8, 4) is 5.75 Å². The third-order valence-corrected chi connectivity index (χ3v) is 3.76. The summed E-state index contributed by atoms with van der Waals surface area (Å²) in [4.78, 5) is 16.2. The first-order valence-electron chi connectivity index (χ1n) is 7.16. The van der Waals surface area contributed by atoms with E-state index in [9.17, 15) is 18.0 Å². The van der Waals surface area contributed by atoms with Gasteiger partial charge in [0.05, 0.1) is 5.52 Å². The van der Waals surface area contributed by atoms with E-state index >= 15 is 0 Å². The summed E-state index contributed by atoms with van der Waals surface area (Å²) in [7, 11) is 1.91. The average molecular weight is 340 g/mol. The fraction of sp³-hybridized carbons (Fsp3) is 0.333. The Hall–Kier alpha value is -2.55. The number of carbonyl (C=O) groups excluding carboxylic acids is 1. The number of ether oxygens (including phenoxy) is 1. The van der Waals surface area contributed by atoms with Gasteiger partial charge in [0, 0.05) is 30.7 Å². The minimum atomic E-state index is -4.80. The second kappa shape index (κ2) is 5.82. The van der Waals surface area contributed by atoms with Gasteiger partial charge < -0.3 is 9.64 Å². The molecule has 1 aliphatic heterocycles. The van der Waals surface area contributed by atoms with Crippen molar-refractivity contribution in [2.24, 2.45) is 0 Å². The smallest absolute Gasteiger partial charge is 0.406 e. The summed E-state index contributed by atoms with van der Waals surface area (Å²) < 4.78 is 41.0. The third-order valence-electron chi connectivity index (χ3n) is 3.76. The van der Waals surface area contributed by atoms with Gasteiger partial charge in [-0.1, -0.05) is 6.58 Å². The van der Waals surface area contributed by atoms with E-state index in [0.29, 0.717) is 30.8 Å². The van der Waals surface area contributed by atoms with E-state index in [4.69, 9.17) is 0 Å². The van der Waals surface area contributed by atoms with Crippen LogP contribution in [-0.2, 0) is 0 Å². The van der Waals surface area contributed by atoms with Crippen molar-refractivity contribution in [2.75, 3.05) is 26.7 Å². The van der Waals surface area contributed by atoms with Crippen molar-refractivity contribution in [3.63, 3.8) is 0 Å².